The smallest absolute Gasteiger partial charge is 0.229 e. The second-order valence-corrected chi connectivity index (χ2v) is 4.14. The van der Waals surface area contributed by atoms with Gasteiger partial charge in [0.25, 0.3) is 0 Å². The van der Waals surface area contributed by atoms with Crippen LogP contribution < -0.4 is 4.74 Å². The predicted octanol–water partition coefficient (Wildman–Crippen LogP) is 3.63. The van der Waals surface area contributed by atoms with Crippen molar-refractivity contribution in [2.75, 3.05) is 0 Å². The van der Waals surface area contributed by atoms with Gasteiger partial charge in [0.1, 0.15) is 5.75 Å². The fourth-order valence-corrected chi connectivity index (χ4v) is 1.41. The lowest BCUT2D eigenvalue weighted by Crippen LogP contribution is -2.05. The van der Waals surface area contributed by atoms with E-state index in [1.165, 1.54) is 0 Å². The SMILES string of the molecule is [C-]#[N+]c1cc(I)ccc1OC(C)C. The third-order valence-electron chi connectivity index (χ3n) is 1.40. The minimum absolute atomic E-state index is 0.112. The fraction of sp³-hybridized carbons (Fsp3) is 0.300. The van der Waals surface area contributed by atoms with Crippen molar-refractivity contribution in [2.45, 2.75) is 20.0 Å². The van der Waals surface area contributed by atoms with Crippen molar-refractivity contribution < 1.29 is 4.74 Å². The van der Waals surface area contributed by atoms with Crippen LogP contribution in [0.25, 0.3) is 4.85 Å². The van der Waals surface area contributed by atoms with Gasteiger partial charge in [-0.3, -0.25) is 0 Å². The number of hydrogen-bond acceptors (Lipinski definition) is 1. The average molecular weight is 287 g/mol. The van der Waals surface area contributed by atoms with E-state index in [0.717, 1.165) is 3.57 Å². The molecule has 0 unspecified atom stereocenters. The van der Waals surface area contributed by atoms with Crippen molar-refractivity contribution in [1.82, 2.24) is 0 Å². The van der Waals surface area contributed by atoms with Gasteiger partial charge in [-0.25, -0.2) is 4.85 Å². The highest BCUT2D eigenvalue weighted by Gasteiger charge is 2.05. The van der Waals surface area contributed by atoms with Crippen LogP contribution in [-0.4, -0.2) is 6.10 Å². The quantitative estimate of drug-likeness (QED) is 0.598. The van der Waals surface area contributed by atoms with Gasteiger partial charge in [-0.1, -0.05) is 0 Å². The van der Waals surface area contributed by atoms with Crippen molar-refractivity contribution in [3.8, 4) is 5.75 Å². The summed E-state index contributed by atoms with van der Waals surface area (Å²) in [5.41, 5.74) is 0.584. The number of hydrogen-bond donors (Lipinski definition) is 0. The third-order valence-corrected chi connectivity index (χ3v) is 2.08. The van der Waals surface area contributed by atoms with Crippen LogP contribution in [0.2, 0.25) is 0 Å². The summed E-state index contributed by atoms with van der Waals surface area (Å²) >= 11 is 2.18. The molecule has 0 radical (unpaired) electrons. The fourth-order valence-electron chi connectivity index (χ4n) is 0.931. The highest BCUT2D eigenvalue weighted by molar-refractivity contribution is 14.1. The molecule has 1 aromatic rings. The van der Waals surface area contributed by atoms with E-state index in [1.54, 1.807) is 0 Å². The first-order valence-electron chi connectivity index (χ1n) is 3.97. The monoisotopic (exact) mass is 287 g/mol. The Morgan fingerprint density at radius 2 is 2.15 bits per heavy atom. The van der Waals surface area contributed by atoms with E-state index in [0.29, 0.717) is 11.4 Å². The number of ether oxygens (including phenoxy) is 1. The zero-order valence-electron chi connectivity index (χ0n) is 7.54. The summed E-state index contributed by atoms with van der Waals surface area (Å²) in [5, 5.41) is 0. The van der Waals surface area contributed by atoms with E-state index in [-0.39, 0.29) is 6.10 Å². The van der Waals surface area contributed by atoms with E-state index in [9.17, 15) is 0 Å². The first-order valence-corrected chi connectivity index (χ1v) is 5.05. The molecule has 2 nitrogen and oxygen atoms in total. The summed E-state index contributed by atoms with van der Waals surface area (Å²) in [4.78, 5) is 3.40. The van der Waals surface area contributed by atoms with Gasteiger partial charge in [0.2, 0.25) is 5.69 Å². The molecular formula is C10H10INO. The van der Waals surface area contributed by atoms with Gasteiger partial charge in [0.15, 0.2) is 0 Å². The van der Waals surface area contributed by atoms with Crippen LogP contribution in [0.3, 0.4) is 0 Å². The topological polar surface area (TPSA) is 13.6 Å². The third kappa shape index (κ3) is 2.88. The molecule has 0 atom stereocenters. The largest absolute Gasteiger partial charge is 0.502 e. The Balaban J connectivity index is 3.01. The molecule has 68 valence electrons. The minimum Gasteiger partial charge on any atom is -0.502 e. The van der Waals surface area contributed by atoms with Crippen LogP contribution in [0.4, 0.5) is 5.69 Å². The van der Waals surface area contributed by atoms with Crippen molar-refractivity contribution in [3.05, 3.63) is 33.2 Å². The normalized spacial score (nSPS) is 9.77. The molecule has 1 rings (SSSR count). The van der Waals surface area contributed by atoms with Crippen LogP contribution in [0.1, 0.15) is 13.8 Å². The maximum atomic E-state index is 6.97. The molecule has 13 heavy (non-hydrogen) atoms. The second kappa shape index (κ2) is 4.47. The predicted molar refractivity (Wildman–Crippen MR) is 61.2 cm³/mol. The van der Waals surface area contributed by atoms with Crippen LogP contribution in [-0.2, 0) is 0 Å². The van der Waals surface area contributed by atoms with E-state index in [4.69, 9.17) is 11.3 Å². The molecule has 0 saturated carbocycles. The van der Waals surface area contributed by atoms with E-state index in [1.807, 2.05) is 32.0 Å². The Bertz CT molecular complexity index is 341. The molecule has 0 fully saturated rings. The lowest BCUT2D eigenvalue weighted by molar-refractivity contribution is 0.244. The van der Waals surface area contributed by atoms with Crippen LogP contribution in [0, 0.1) is 10.1 Å². The van der Waals surface area contributed by atoms with Crippen molar-refractivity contribution >= 4 is 28.3 Å². The Morgan fingerprint density at radius 3 is 2.69 bits per heavy atom. The summed E-state index contributed by atoms with van der Waals surface area (Å²) in [6.45, 7) is 10.9. The zero-order valence-corrected chi connectivity index (χ0v) is 9.70. The Kier molecular flexibility index (Phi) is 3.55. The number of halogens is 1. The maximum Gasteiger partial charge on any atom is 0.229 e. The standard InChI is InChI=1S/C10H10INO/c1-7(2)13-10-5-4-8(11)6-9(10)12-3/h4-7H,1-2H3. The van der Waals surface area contributed by atoms with Gasteiger partial charge >= 0.3 is 0 Å². The van der Waals surface area contributed by atoms with Gasteiger partial charge in [-0.15, -0.1) is 0 Å². The molecule has 3 heteroatoms. The molecule has 0 N–H and O–H groups in total. The highest BCUT2D eigenvalue weighted by Crippen LogP contribution is 2.29. The van der Waals surface area contributed by atoms with Crippen LogP contribution in [0.15, 0.2) is 18.2 Å². The molecule has 0 aliphatic carbocycles. The van der Waals surface area contributed by atoms with E-state index < -0.39 is 0 Å². The average Bonchev–Trinajstić information content (AvgIpc) is 2.07. The van der Waals surface area contributed by atoms with Crippen LogP contribution in [0.5, 0.6) is 5.75 Å². The summed E-state index contributed by atoms with van der Waals surface area (Å²) in [6, 6.07) is 5.60. The van der Waals surface area contributed by atoms with Gasteiger partial charge in [0.05, 0.1) is 12.7 Å². The molecular weight excluding hydrogens is 277 g/mol. The molecule has 0 bridgehead atoms. The van der Waals surface area contributed by atoms with Crippen molar-refractivity contribution in [1.29, 1.82) is 0 Å². The van der Waals surface area contributed by atoms with Crippen molar-refractivity contribution in [2.24, 2.45) is 0 Å². The summed E-state index contributed by atoms with van der Waals surface area (Å²) in [5.74, 6) is 0.672. The summed E-state index contributed by atoms with van der Waals surface area (Å²) in [6.07, 6.45) is 0.112. The Hall–Kier alpha value is -0.760. The number of nitrogens with zero attached hydrogens (tertiary/aromatic N) is 1. The zero-order chi connectivity index (χ0) is 9.84. The van der Waals surface area contributed by atoms with E-state index in [2.05, 4.69) is 27.4 Å². The maximum absolute atomic E-state index is 6.97. The summed E-state index contributed by atoms with van der Waals surface area (Å²) < 4.78 is 6.53. The molecule has 0 aliphatic rings. The molecule has 0 aliphatic heterocycles. The lowest BCUT2D eigenvalue weighted by Gasteiger charge is -2.11. The molecule has 0 amide bonds. The minimum atomic E-state index is 0.112. The number of benzene rings is 1. The first-order chi connectivity index (χ1) is 6.13. The van der Waals surface area contributed by atoms with Gasteiger partial charge in [-0.2, -0.15) is 0 Å². The highest BCUT2D eigenvalue weighted by atomic mass is 127. The molecule has 0 heterocycles. The Morgan fingerprint density at radius 1 is 1.46 bits per heavy atom. The van der Waals surface area contributed by atoms with E-state index >= 15 is 0 Å². The molecule has 1 aromatic carbocycles. The van der Waals surface area contributed by atoms with Crippen LogP contribution >= 0.6 is 22.6 Å². The Labute approximate surface area is 91.9 Å². The van der Waals surface area contributed by atoms with Gasteiger partial charge < -0.3 is 4.74 Å². The summed E-state index contributed by atoms with van der Waals surface area (Å²) in [7, 11) is 0. The van der Waals surface area contributed by atoms with Gasteiger partial charge in [-0.05, 0) is 54.6 Å². The molecule has 0 saturated heterocycles. The van der Waals surface area contributed by atoms with Crippen molar-refractivity contribution in [3.63, 3.8) is 0 Å². The number of rotatable bonds is 2. The molecule has 0 spiro atoms. The first kappa shape index (κ1) is 10.3. The second-order valence-electron chi connectivity index (χ2n) is 2.89. The molecule has 0 aromatic heterocycles. The van der Waals surface area contributed by atoms with Gasteiger partial charge in [0, 0.05) is 3.57 Å². The lowest BCUT2D eigenvalue weighted by atomic mass is 10.3.